The predicted octanol–water partition coefficient (Wildman–Crippen LogP) is 2.17. The van der Waals surface area contributed by atoms with Crippen LogP contribution in [-0.2, 0) is 6.54 Å². The highest BCUT2D eigenvalue weighted by Crippen LogP contribution is 2.38. The van der Waals surface area contributed by atoms with Gasteiger partial charge in [0.25, 0.3) is 0 Å². The van der Waals surface area contributed by atoms with Gasteiger partial charge in [0.15, 0.2) is 5.65 Å². The number of ether oxygens (including phenoxy) is 1. The minimum Gasteiger partial charge on any atom is -0.497 e. The van der Waals surface area contributed by atoms with Gasteiger partial charge in [0.05, 0.1) is 37.9 Å². The molecule has 7 nitrogen and oxygen atoms in total. The van der Waals surface area contributed by atoms with Crippen LogP contribution in [-0.4, -0.2) is 45.1 Å². The molecule has 3 aromatic rings. The van der Waals surface area contributed by atoms with E-state index in [1.54, 1.807) is 24.3 Å². The fourth-order valence-electron chi connectivity index (χ4n) is 3.58. The van der Waals surface area contributed by atoms with Crippen molar-refractivity contribution in [1.29, 1.82) is 0 Å². The lowest BCUT2D eigenvalue weighted by molar-refractivity contribution is 0.271. The van der Waals surface area contributed by atoms with Crippen molar-refractivity contribution in [1.82, 2.24) is 19.7 Å². The molecule has 1 aliphatic heterocycles. The molecule has 0 bridgehead atoms. The highest BCUT2D eigenvalue weighted by atomic mass is 16.5. The summed E-state index contributed by atoms with van der Waals surface area (Å²) < 4.78 is 7.09. The van der Waals surface area contributed by atoms with Crippen molar-refractivity contribution in [3.05, 3.63) is 42.4 Å². The molecular formula is C18H21N5O2. The lowest BCUT2D eigenvalue weighted by atomic mass is 10.0. The second-order valence-corrected chi connectivity index (χ2v) is 6.15. The quantitative estimate of drug-likeness (QED) is 0.768. The Labute approximate surface area is 145 Å². The van der Waals surface area contributed by atoms with E-state index in [1.807, 2.05) is 12.1 Å². The molecule has 1 aliphatic rings. The third-order valence-electron chi connectivity index (χ3n) is 4.73. The molecule has 1 saturated heterocycles. The number of rotatable bonds is 5. The Morgan fingerprint density at radius 1 is 1.32 bits per heavy atom. The number of aromatic nitrogens is 4. The molecule has 4 rings (SSSR count). The smallest absolute Gasteiger partial charge is 0.163 e. The van der Waals surface area contributed by atoms with E-state index in [0.717, 1.165) is 42.0 Å². The largest absolute Gasteiger partial charge is 0.497 e. The summed E-state index contributed by atoms with van der Waals surface area (Å²) in [7, 11) is 1.69. The zero-order valence-electron chi connectivity index (χ0n) is 14.2. The van der Waals surface area contributed by atoms with Crippen LogP contribution in [0.3, 0.4) is 0 Å². The Balaban J connectivity index is 1.74. The maximum Gasteiger partial charge on any atom is 0.163 e. The van der Waals surface area contributed by atoms with E-state index in [1.165, 1.54) is 5.56 Å². The summed E-state index contributed by atoms with van der Waals surface area (Å²) >= 11 is 0. The second kappa shape index (κ2) is 6.68. The SMILES string of the molecule is COc1cccc([C@H]2CCCN2c2ncnc3c2cnn3CCO)c1. The van der Waals surface area contributed by atoms with Gasteiger partial charge in [0.2, 0.25) is 0 Å². The fraction of sp³-hybridized carbons (Fsp3) is 0.389. The molecule has 3 heterocycles. The molecule has 25 heavy (non-hydrogen) atoms. The lowest BCUT2D eigenvalue weighted by Crippen LogP contribution is -2.24. The Morgan fingerprint density at radius 2 is 2.24 bits per heavy atom. The number of benzene rings is 1. The normalized spacial score (nSPS) is 17.4. The summed E-state index contributed by atoms with van der Waals surface area (Å²) in [5.41, 5.74) is 1.99. The summed E-state index contributed by atoms with van der Waals surface area (Å²) in [6, 6.07) is 8.48. The number of aliphatic hydroxyl groups is 1. The Bertz CT molecular complexity index is 879. The number of hydrogen-bond donors (Lipinski definition) is 1. The Morgan fingerprint density at radius 3 is 3.08 bits per heavy atom. The zero-order valence-corrected chi connectivity index (χ0v) is 14.2. The maximum atomic E-state index is 9.19. The molecule has 0 radical (unpaired) electrons. The number of aliphatic hydroxyl groups excluding tert-OH is 1. The topological polar surface area (TPSA) is 76.3 Å². The van der Waals surface area contributed by atoms with Crippen molar-refractivity contribution >= 4 is 16.9 Å². The van der Waals surface area contributed by atoms with Gasteiger partial charge in [-0.15, -0.1) is 0 Å². The van der Waals surface area contributed by atoms with Crippen molar-refractivity contribution < 1.29 is 9.84 Å². The molecule has 1 N–H and O–H groups in total. The molecule has 0 amide bonds. The number of hydrogen-bond acceptors (Lipinski definition) is 6. The molecule has 0 aliphatic carbocycles. The van der Waals surface area contributed by atoms with Gasteiger partial charge in [0.1, 0.15) is 17.9 Å². The van der Waals surface area contributed by atoms with Crippen LogP contribution in [0.5, 0.6) is 5.75 Å². The van der Waals surface area contributed by atoms with E-state index in [2.05, 4.69) is 32.1 Å². The van der Waals surface area contributed by atoms with E-state index in [-0.39, 0.29) is 12.6 Å². The molecule has 0 unspecified atom stereocenters. The first kappa shape index (κ1) is 15.8. The monoisotopic (exact) mass is 339 g/mol. The minimum atomic E-state index is 0.0340. The minimum absolute atomic E-state index is 0.0340. The van der Waals surface area contributed by atoms with Crippen molar-refractivity contribution in [3.8, 4) is 5.75 Å². The summed E-state index contributed by atoms with van der Waals surface area (Å²) in [5, 5.41) is 14.5. The summed E-state index contributed by atoms with van der Waals surface area (Å²) in [4.78, 5) is 11.2. The van der Waals surface area contributed by atoms with E-state index in [9.17, 15) is 5.11 Å². The molecular weight excluding hydrogens is 318 g/mol. The summed E-state index contributed by atoms with van der Waals surface area (Å²) in [6.07, 6.45) is 5.55. The molecule has 1 atom stereocenters. The Hall–Kier alpha value is -2.67. The van der Waals surface area contributed by atoms with E-state index in [4.69, 9.17) is 4.74 Å². The molecule has 130 valence electrons. The summed E-state index contributed by atoms with van der Waals surface area (Å²) in [5.74, 6) is 1.77. The van der Waals surface area contributed by atoms with Crippen molar-refractivity contribution in [3.63, 3.8) is 0 Å². The van der Waals surface area contributed by atoms with E-state index < -0.39 is 0 Å². The molecule has 0 saturated carbocycles. The number of methoxy groups -OCH3 is 1. The maximum absolute atomic E-state index is 9.19. The lowest BCUT2D eigenvalue weighted by Gasteiger charge is -2.26. The van der Waals surface area contributed by atoms with Crippen LogP contribution in [0, 0.1) is 0 Å². The molecule has 1 aromatic carbocycles. The van der Waals surface area contributed by atoms with Gasteiger partial charge in [-0.2, -0.15) is 5.10 Å². The first-order valence-electron chi connectivity index (χ1n) is 8.50. The molecule has 1 fully saturated rings. The summed E-state index contributed by atoms with van der Waals surface area (Å²) in [6.45, 7) is 1.41. The standard InChI is InChI=1S/C18H21N5O2/c1-25-14-5-2-4-13(10-14)16-6-3-7-22(16)17-15-11-21-23(8-9-24)18(15)20-12-19-17/h2,4-5,10-12,16,24H,3,6-9H2,1H3/t16-/m1/s1. The van der Waals surface area contributed by atoms with E-state index in [0.29, 0.717) is 6.54 Å². The predicted molar refractivity (Wildman–Crippen MR) is 94.7 cm³/mol. The van der Waals surface area contributed by atoms with Crippen LogP contribution in [0.2, 0.25) is 0 Å². The Kier molecular flexibility index (Phi) is 4.23. The van der Waals surface area contributed by atoms with Gasteiger partial charge in [0, 0.05) is 6.54 Å². The van der Waals surface area contributed by atoms with Gasteiger partial charge in [-0.3, -0.25) is 0 Å². The van der Waals surface area contributed by atoms with E-state index >= 15 is 0 Å². The third kappa shape index (κ3) is 2.80. The highest BCUT2D eigenvalue weighted by Gasteiger charge is 2.29. The van der Waals surface area contributed by atoms with Gasteiger partial charge in [-0.25, -0.2) is 14.6 Å². The third-order valence-corrected chi connectivity index (χ3v) is 4.73. The first-order valence-corrected chi connectivity index (χ1v) is 8.50. The van der Waals surface area contributed by atoms with Gasteiger partial charge >= 0.3 is 0 Å². The average Bonchev–Trinajstić information content (AvgIpc) is 3.29. The van der Waals surface area contributed by atoms with Crippen LogP contribution in [0.1, 0.15) is 24.4 Å². The molecule has 7 heteroatoms. The van der Waals surface area contributed by atoms with Gasteiger partial charge in [-0.05, 0) is 30.5 Å². The number of nitrogens with zero attached hydrogens (tertiary/aromatic N) is 5. The molecule has 2 aromatic heterocycles. The van der Waals surface area contributed by atoms with Crippen LogP contribution >= 0.6 is 0 Å². The number of anilines is 1. The zero-order chi connectivity index (χ0) is 17.2. The van der Waals surface area contributed by atoms with Crippen LogP contribution in [0.15, 0.2) is 36.8 Å². The van der Waals surface area contributed by atoms with Crippen LogP contribution in [0.4, 0.5) is 5.82 Å². The fourth-order valence-corrected chi connectivity index (χ4v) is 3.58. The van der Waals surface area contributed by atoms with Crippen molar-refractivity contribution in [2.75, 3.05) is 25.2 Å². The van der Waals surface area contributed by atoms with Crippen molar-refractivity contribution in [2.24, 2.45) is 0 Å². The van der Waals surface area contributed by atoms with Crippen molar-refractivity contribution in [2.45, 2.75) is 25.4 Å². The highest BCUT2D eigenvalue weighted by molar-refractivity contribution is 5.87. The number of fused-ring (bicyclic) bond motifs is 1. The molecule has 0 spiro atoms. The van der Waals surface area contributed by atoms with Crippen LogP contribution in [0.25, 0.3) is 11.0 Å². The second-order valence-electron chi connectivity index (χ2n) is 6.15. The average molecular weight is 339 g/mol. The van der Waals surface area contributed by atoms with Gasteiger partial charge in [-0.1, -0.05) is 12.1 Å². The van der Waals surface area contributed by atoms with Crippen LogP contribution < -0.4 is 9.64 Å². The van der Waals surface area contributed by atoms with Gasteiger partial charge < -0.3 is 14.7 Å². The first-order chi connectivity index (χ1) is 12.3.